The van der Waals surface area contributed by atoms with Crippen molar-refractivity contribution in [3.05, 3.63) is 30.1 Å². The molecule has 0 aromatic carbocycles. The molecule has 1 fully saturated rings. The molecule has 0 aliphatic carbocycles. The monoisotopic (exact) mass is 362 g/mol. The molecule has 2 heterocycles. The number of nitrogens with zero attached hydrogens (tertiary/aromatic N) is 1. The molecule has 1 saturated heterocycles. The third kappa shape index (κ3) is 4.37. The maximum atomic E-state index is 11.4. The lowest BCUT2D eigenvalue weighted by Gasteiger charge is -2.24. The average molecular weight is 362 g/mol. The highest BCUT2D eigenvalue weighted by Gasteiger charge is 2.48. The first kappa shape index (κ1) is 18.9. The molecular weight excluding hydrogens is 343 g/mol. The summed E-state index contributed by atoms with van der Waals surface area (Å²) >= 11 is 0. The summed E-state index contributed by atoms with van der Waals surface area (Å²) in [6.45, 7) is 0.873. The van der Waals surface area contributed by atoms with Gasteiger partial charge in [-0.1, -0.05) is 0 Å². The summed E-state index contributed by atoms with van der Waals surface area (Å²) in [5.41, 5.74) is 5.37. The molecule has 0 radical (unpaired) electrons. The fourth-order valence-electron chi connectivity index (χ4n) is 2.27. The Morgan fingerprint density at radius 1 is 1.46 bits per heavy atom. The number of ether oxygens (including phenoxy) is 1. The molecule has 11 heteroatoms. The minimum Gasteiger partial charge on any atom is -0.756 e. The third-order valence-corrected chi connectivity index (χ3v) is 4.46. The van der Waals surface area contributed by atoms with E-state index >= 15 is 0 Å². The number of aliphatic hydroxyl groups excluding tert-OH is 2. The van der Waals surface area contributed by atoms with Crippen LogP contribution in [-0.2, 0) is 18.3 Å². The fraction of sp³-hybridized carbons (Fsp3) is 0.538. The van der Waals surface area contributed by atoms with Gasteiger partial charge in [0.1, 0.15) is 17.8 Å². The van der Waals surface area contributed by atoms with E-state index in [0.29, 0.717) is 0 Å². The van der Waals surface area contributed by atoms with Gasteiger partial charge in [-0.2, -0.15) is 4.57 Å². The van der Waals surface area contributed by atoms with E-state index in [-0.39, 0.29) is 12.2 Å². The number of pyridine rings is 1. The highest BCUT2D eigenvalue weighted by atomic mass is 31.2. The van der Waals surface area contributed by atoms with E-state index in [9.17, 15) is 24.5 Å². The molecular formula is C13H19N2O8P. The smallest absolute Gasteiger partial charge is 0.292 e. The standard InChI is InChI=1S/C13H19N2O8P/c1-2-21-24(19,20)22-7-9-10(16)11(17)13(23-9)15-5-3-4-8(6-15)12(14)18/h3-6,9-11,13,16-17H,2,7H2,1H3,(H2-,14,18,19,20)/t9-,10-,11-,13?/m1/s1. The number of primary amides is 1. The zero-order valence-electron chi connectivity index (χ0n) is 12.8. The summed E-state index contributed by atoms with van der Waals surface area (Å²) in [6, 6.07) is 3.00. The zero-order chi connectivity index (χ0) is 17.9. The Kier molecular flexibility index (Phi) is 6.05. The number of amides is 1. The van der Waals surface area contributed by atoms with E-state index in [4.69, 9.17) is 10.5 Å². The maximum Gasteiger partial charge on any atom is 0.292 e. The second-order valence-electron chi connectivity index (χ2n) is 5.11. The van der Waals surface area contributed by atoms with E-state index in [1.165, 1.54) is 36.0 Å². The molecule has 2 rings (SSSR count). The van der Waals surface area contributed by atoms with Gasteiger partial charge in [-0.25, -0.2) is 0 Å². The zero-order valence-corrected chi connectivity index (χ0v) is 13.7. The van der Waals surface area contributed by atoms with Crippen molar-refractivity contribution < 1.29 is 42.8 Å². The van der Waals surface area contributed by atoms with Crippen LogP contribution in [0.5, 0.6) is 0 Å². The number of phosphoric acid groups is 1. The summed E-state index contributed by atoms with van der Waals surface area (Å²) in [6.07, 6.45) is -2.02. The Bertz CT molecular complexity index is 642. The topological polar surface area (TPSA) is 155 Å². The van der Waals surface area contributed by atoms with Crippen molar-refractivity contribution in [2.75, 3.05) is 13.2 Å². The first-order valence-corrected chi connectivity index (χ1v) is 8.63. The van der Waals surface area contributed by atoms with Gasteiger partial charge in [0.25, 0.3) is 20.0 Å². The quantitative estimate of drug-likeness (QED) is 0.379. The number of nitrogens with two attached hydrogens (primary N) is 1. The largest absolute Gasteiger partial charge is 0.756 e. The Morgan fingerprint density at radius 3 is 2.79 bits per heavy atom. The van der Waals surface area contributed by atoms with E-state index in [1.807, 2.05) is 0 Å². The van der Waals surface area contributed by atoms with Gasteiger partial charge < -0.3 is 34.6 Å². The minimum atomic E-state index is -4.49. The lowest BCUT2D eigenvalue weighted by Crippen LogP contribution is -2.46. The Balaban J connectivity index is 2.08. The molecule has 24 heavy (non-hydrogen) atoms. The van der Waals surface area contributed by atoms with Crippen LogP contribution in [0.25, 0.3) is 0 Å². The molecule has 1 amide bonds. The van der Waals surface area contributed by atoms with Crippen LogP contribution in [0.1, 0.15) is 23.5 Å². The normalized spacial score (nSPS) is 29.3. The number of carbonyl (C=O) groups excluding carboxylic acids is 1. The van der Waals surface area contributed by atoms with Crippen molar-refractivity contribution in [3.63, 3.8) is 0 Å². The summed E-state index contributed by atoms with van der Waals surface area (Å²) in [5, 5.41) is 20.1. The second kappa shape index (κ2) is 7.66. The molecule has 1 aromatic rings. The Morgan fingerprint density at radius 2 is 2.17 bits per heavy atom. The first-order chi connectivity index (χ1) is 11.2. The molecule has 1 aliphatic heterocycles. The molecule has 2 unspecified atom stereocenters. The van der Waals surface area contributed by atoms with Crippen LogP contribution in [0.3, 0.4) is 0 Å². The summed E-state index contributed by atoms with van der Waals surface area (Å²) < 4.78 is 27.2. The van der Waals surface area contributed by atoms with Gasteiger partial charge >= 0.3 is 0 Å². The highest BCUT2D eigenvalue weighted by Crippen LogP contribution is 2.39. The van der Waals surface area contributed by atoms with Crippen LogP contribution in [0.15, 0.2) is 24.5 Å². The van der Waals surface area contributed by atoms with Gasteiger partial charge in [0.05, 0.1) is 13.2 Å². The predicted octanol–water partition coefficient (Wildman–Crippen LogP) is -1.79. The fourth-order valence-corrected chi connectivity index (χ4v) is 2.99. The average Bonchev–Trinajstić information content (AvgIpc) is 2.81. The number of carbonyl (C=O) groups is 1. The Hall–Kier alpha value is -1.39. The Labute approximate surface area is 138 Å². The molecule has 4 N–H and O–H groups in total. The number of aromatic nitrogens is 1. The minimum absolute atomic E-state index is 0.0874. The second-order valence-corrected chi connectivity index (χ2v) is 6.52. The predicted molar refractivity (Wildman–Crippen MR) is 76.3 cm³/mol. The molecule has 134 valence electrons. The van der Waals surface area contributed by atoms with Gasteiger partial charge in [0.2, 0.25) is 0 Å². The van der Waals surface area contributed by atoms with Crippen LogP contribution < -0.4 is 15.2 Å². The molecule has 1 aromatic heterocycles. The van der Waals surface area contributed by atoms with Gasteiger partial charge in [0.15, 0.2) is 18.5 Å². The SMILES string of the molecule is CCOP(=O)([O-])OC[C@H]1OC([n+]2cccc(C(N)=O)c2)[C@H](O)[C@@H]1O. The van der Waals surface area contributed by atoms with Crippen molar-refractivity contribution in [1.82, 2.24) is 0 Å². The van der Waals surface area contributed by atoms with E-state index in [0.717, 1.165) is 0 Å². The molecule has 0 spiro atoms. The van der Waals surface area contributed by atoms with Crippen molar-refractivity contribution in [2.45, 2.75) is 31.5 Å². The van der Waals surface area contributed by atoms with E-state index in [2.05, 4.69) is 9.05 Å². The van der Waals surface area contributed by atoms with Crippen molar-refractivity contribution >= 4 is 13.7 Å². The number of phosphoric ester groups is 1. The van der Waals surface area contributed by atoms with E-state index < -0.39 is 44.9 Å². The number of aliphatic hydroxyl groups is 2. The number of hydrogen-bond acceptors (Lipinski definition) is 8. The first-order valence-electron chi connectivity index (χ1n) is 7.17. The van der Waals surface area contributed by atoms with Gasteiger partial charge in [-0.3, -0.25) is 9.36 Å². The highest BCUT2D eigenvalue weighted by molar-refractivity contribution is 7.45. The maximum absolute atomic E-state index is 11.4. The lowest BCUT2D eigenvalue weighted by molar-refractivity contribution is -0.765. The number of hydrogen-bond donors (Lipinski definition) is 3. The van der Waals surface area contributed by atoms with Crippen molar-refractivity contribution in [1.29, 1.82) is 0 Å². The lowest BCUT2D eigenvalue weighted by atomic mass is 10.1. The van der Waals surface area contributed by atoms with Gasteiger partial charge in [-0.15, -0.1) is 0 Å². The van der Waals surface area contributed by atoms with Gasteiger partial charge in [0, 0.05) is 6.07 Å². The van der Waals surface area contributed by atoms with Crippen LogP contribution in [0, 0.1) is 0 Å². The number of rotatable bonds is 7. The summed E-state index contributed by atoms with van der Waals surface area (Å²) in [4.78, 5) is 22.6. The van der Waals surface area contributed by atoms with Crippen molar-refractivity contribution in [3.8, 4) is 0 Å². The molecule has 0 saturated carbocycles. The molecule has 10 nitrogen and oxygen atoms in total. The van der Waals surface area contributed by atoms with E-state index in [1.54, 1.807) is 0 Å². The molecule has 1 aliphatic rings. The third-order valence-electron chi connectivity index (χ3n) is 3.42. The summed E-state index contributed by atoms with van der Waals surface area (Å²) in [7, 11) is -4.49. The van der Waals surface area contributed by atoms with Crippen LogP contribution in [0.2, 0.25) is 0 Å². The van der Waals surface area contributed by atoms with Crippen LogP contribution >= 0.6 is 7.82 Å². The van der Waals surface area contributed by atoms with Crippen molar-refractivity contribution in [2.24, 2.45) is 5.73 Å². The van der Waals surface area contributed by atoms with Crippen LogP contribution in [-0.4, -0.2) is 47.6 Å². The molecule has 0 bridgehead atoms. The van der Waals surface area contributed by atoms with Crippen LogP contribution in [0.4, 0.5) is 0 Å². The van der Waals surface area contributed by atoms with Gasteiger partial charge in [-0.05, 0) is 13.0 Å². The molecule has 5 atom stereocenters. The summed E-state index contributed by atoms with van der Waals surface area (Å²) in [5.74, 6) is -0.665.